The average Bonchev–Trinajstić information content (AvgIpc) is 1.91. The number of hydrogen-bond acceptors (Lipinski definition) is 1. The van der Waals surface area contributed by atoms with E-state index < -0.39 is 0 Å². The second-order valence-electron chi connectivity index (χ2n) is 1.38. The molecule has 3 heteroatoms. The van der Waals surface area contributed by atoms with E-state index in [-0.39, 0.29) is 5.75 Å². The van der Waals surface area contributed by atoms with E-state index in [4.69, 9.17) is 4.79 Å². The Morgan fingerprint density at radius 2 is 1.70 bits per heavy atom. The quantitative estimate of drug-likeness (QED) is 0.402. The summed E-state index contributed by atoms with van der Waals surface area (Å²) < 4.78 is 1.29. The topological polar surface area (TPSA) is 17.1 Å². The molecule has 0 fully saturated rings. The molecule has 0 aliphatic rings. The summed E-state index contributed by atoms with van der Waals surface area (Å²) in [6.07, 6.45) is 0. The lowest BCUT2D eigenvalue weighted by atomic mass is 10.4. The molecule has 0 spiro atoms. The lowest BCUT2D eigenvalue weighted by Crippen LogP contribution is -1.61. The van der Waals surface area contributed by atoms with Crippen LogP contribution in [0.4, 0.5) is 0 Å². The summed E-state index contributed by atoms with van der Waals surface area (Å²) in [6, 6.07) is 10.2. The number of carbonyl (C=O) groups excluding carboxylic acids is 1. The molecule has 0 N–H and O–H groups in total. The van der Waals surface area contributed by atoms with E-state index in [1.54, 1.807) is 0 Å². The van der Waals surface area contributed by atoms with Crippen molar-refractivity contribution >= 4 is 39.9 Å². The Morgan fingerprint density at radius 3 is 1.90 bits per heavy atom. The minimum absolute atomic E-state index is 0.222. The van der Waals surface area contributed by atoms with Crippen molar-refractivity contribution < 1.29 is 4.79 Å². The van der Waals surface area contributed by atoms with Gasteiger partial charge >= 0.3 is 0 Å². The summed E-state index contributed by atoms with van der Waals surface area (Å²) in [6.45, 7) is 0. The SMILES string of the molecule is Ic1ccccc1.O=CCl. The van der Waals surface area contributed by atoms with Crippen LogP contribution in [0.2, 0.25) is 0 Å². The molecule has 54 valence electrons. The van der Waals surface area contributed by atoms with E-state index in [2.05, 4.69) is 46.3 Å². The van der Waals surface area contributed by atoms with Crippen LogP contribution in [0.3, 0.4) is 0 Å². The number of halogens is 2. The van der Waals surface area contributed by atoms with E-state index in [0.717, 1.165) is 0 Å². The molecule has 0 saturated heterocycles. The lowest BCUT2D eigenvalue weighted by molar-refractivity contribution is 0.569. The third kappa shape index (κ3) is 6.04. The minimum Gasteiger partial charge on any atom is -0.285 e. The molecular formula is C7H6ClIO. The highest BCUT2D eigenvalue weighted by molar-refractivity contribution is 14.1. The van der Waals surface area contributed by atoms with Crippen LogP contribution in [0.1, 0.15) is 0 Å². The van der Waals surface area contributed by atoms with Gasteiger partial charge in [0.25, 0.3) is 0 Å². The Labute approximate surface area is 78.5 Å². The van der Waals surface area contributed by atoms with Crippen molar-refractivity contribution in [1.82, 2.24) is 0 Å². The van der Waals surface area contributed by atoms with Gasteiger partial charge in [-0.2, -0.15) is 0 Å². The van der Waals surface area contributed by atoms with Gasteiger partial charge in [0.05, 0.1) is 0 Å². The van der Waals surface area contributed by atoms with E-state index in [1.807, 2.05) is 18.2 Å². The normalized spacial score (nSPS) is 7.40. The second-order valence-corrected chi connectivity index (χ2v) is 2.81. The second kappa shape index (κ2) is 7.02. The van der Waals surface area contributed by atoms with Crippen LogP contribution in [0.5, 0.6) is 0 Å². The van der Waals surface area contributed by atoms with Gasteiger partial charge in [-0.1, -0.05) is 18.2 Å². The number of rotatable bonds is 0. The standard InChI is InChI=1S/C6H5I.CHClO/c7-6-4-2-1-3-5-6;2-1-3/h1-5H;1H. The Morgan fingerprint density at radius 1 is 1.30 bits per heavy atom. The molecule has 1 aromatic carbocycles. The molecule has 0 saturated carbocycles. The lowest BCUT2D eigenvalue weighted by Gasteiger charge is -1.80. The first-order valence-corrected chi connectivity index (χ1v) is 4.07. The van der Waals surface area contributed by atoms with Crippen LogP contribution < -0.4 is 0 Å². The first-order chi connectivity index (χ1) is 4.81. The van der Waals surface area contributed by atoms with Gasteiger partial charge in [-0.05, 0) is 46.3 Å². The zero-order chi connectivity index (χ0) is 7.82. The summed E-state index contributed by atoms with van der Waals surface area (Å²) in [4.78, 5) is 8.57. The minimum atomic E-state index is 0.222. The number of hydrogen-bond donors (Lipinski definition) is 0. The van der Waals surface area contributed by atoms with Crippen LogP contribution in [-0.2, 0) is 4.79 Å². The maximum Gasteiger partial charge on any atom is 0.208 e. The molecule has 0 aliphatic carbocycles. The van der Waals surface area contributed by atoms with E-state index >= 15 is 0 Å². The third-order valence-electron chi connectivity index (χ3n) is 0.733. The molecule has 10 heavy (non-hydrogen) atoms. The molecule has 1 aromatic rings. The molecule has 0 unspecified atom stereocenters. The fourth-order valence-corrected chi connectivity index (χ4v) is 0.830. The van der Waals surface area contributed by atoms with E-state index in [9.17, 15) is 0 Å². The van der Waals surface area contributed by atoms with E-state index in [1.165, 1.54) is 3.57 Å². The van der Waals surface area contributed by atoms with Crippen molar-refractivity contribution in [2.75, 3.05) is 0 Å². The van der Waals surface area contributed by atoms with Gasteiger partial charge in [0.2, 0.25) is 5.75 Å². The highest BCUT2D eigenvalue weighted by Crippen LogP contribution is 1.99. The third-order valence-corrected chi connectivity index (χ3v) is 1.45. The van der Waals surface area contributed by atoms with Crippen molar-refractivity contribution in [2.45, 2.75) is 0 Å². The van der Waals surface area contributed by atoms with Crippen molar-refractivity contribution in [1.29, 1.82) is 0 Å². The largest absolute Gasteiger partial charge is 0.285 e. The summed E-state index contributed by atoms with van der Waals surface area (Å²) in [5.74, 6) is 0.222. The summed E-state index contributed by atoms with van der Waals surface area (Å²) in [5, 5.41) is 0. The van der Waals surface area contributed by atoms with Crippen molar-refractivity contribution in [3.8, 4) is 0 Å². The Hall–Kier alpha value is -0.0900. The Kier molecular flexibility index (Phi) is 6.96. The number of benzene rings is 1. The Bertz CT molecular complexity index is 176. The fourth-order valence-electron chi connectivity index (χ4n) is 0.415. The van der Waals surface area contributed by atoms with Crippen molar-refractivity contribution in [3.05, 3.63) is 33.9 Å². The summed E-state index contributed by atoms with van der Waals surface area (Å²) >= 11 is 6.60. The highest BCUT2D eigenvalue weighted by Gasteiger charge is 1.74. The predicted octanol–water partition coefficient (Wildman–Crippen LogP) is 2.71. The van der Waals surface area contributed by atoms with Gasteiger partial charge in [-0.3, -0.25) is 4.79 Å². The van der Waals surface area contributed by atoms with Gasteiger partial charge in [-0.15, -0.1) is 0 Å². The van der Waals surface area contributed by atoms with Crippen LogP contribution >= 0.6 is 34.2 Å². The maximum absolute atomic E-state index is 8.57. The maximum atomic E-state index is 8.57. The monoisotopic (exact) mass is 268 g/mol. The van der Waals surface area contributed by atoms with E-state index in [0.29, 0.717) is 0 Å². The summed E-state index contributed by atoms with van der Waals surface area (Å²) in [7, 11) is 0. The van der Waals surface area contributed by atoms with Crippen LogP contribution in [0.25, 0.3) is 0 Å². The van der Waals surface area contributed by atoms with Gasteiger partial charge in [0.1, 0.15) is 0 Å². The predicted molar refractivity (Wildman–Crippen MR) is 51.8 cm³/mol. The first kappa shape index (κ1) is 9.91. The van der Waals surface area contributed by atoms with Crippen LogP contribution in [0.15, 0.2) is 30.3 Å². The number of carbonyl (C=O) groups is 1. The average molecular weight is 268 g/mol. The van der Waals surface area contributed by atoms with Gasteiger partial charge in [0.15, 0.2) is 0 Å². The molecule has 1 nitrogen and oxygen atoms in total. The molecule has 0 heterocycles. The molecule has 1 rings (SSSR count). The zero-order valence-corrected chi connectivity index (χ0v) is 8.04. The molecule has 0 aromatic heterocycles. The summed E-state index contributed by atoms with van der Waals surface area (Å²) in [5.41, 5.74) is 0. The molecule has 0 radical (unpaired) electrons. The first-order valence-electron chi connectivity index (χ1n) is 2.55. The van der Waals surface area contributed by atoms with Crippen molar-refractivity contribution in [3.63, 3.8) is 0 Å². The van der Waals surface area contributed by atoms with Crippen molar-refractivity contribution in [2.24, 2.45) is 0 Å². The van der Waals surface area contributed by atoms with Gasteiger partial charge in [-0.25, -0.2) is 0 Å². The fraction of sp³-hybridized carbons (Fsp3) is 0. The molecular weight excluding hydrogens is 262 g/mol. The molecule has 0 bridgehead atoms. The molecule has 0 aliphatic heterocycles. The highest BCUT2D eigenvalue weighted by atomic mass is 127. The molecule has 0 amide bonds. The van der Waals surface area contributed by atoms with Crippen LogP contribution in [-0.4, -0.2) is 5.75 Å². The zero-order valence-electron chi connectivity index (χ0n) is 5.13. The molecule has 0 atom stereocenters. The van der Waals surface area contributed by atoms with Crippen LogP contribution in [0, 0.1) is 3.57 Å². The smallest absolute Gasteiger partial charge is 0.208 e. The Balaban J connectivity index is 0.000000236. The van der Waals surface area contributed by atoms with Gasteiger partial charge < -0.3 is 0 Å². The van der Waals surface area contributed by atoms with Gasteiger partial charge in [0, 0.05) is 3.57 Å².